The maximum atomic E-state index is 10.9. The first-order chi connectivity index (χ1) is 4.79. The Hall–Kier alpha value is -0.240. The van der Waals surface area contributed by atoms with E-state index in [-0.39, 0.29) is 17.8 Å². The second kappa shape index (κ2) is 3.24. The summed E-state index contributed by atoms with van der Waals surface area (Å²) >= 11 is 5.61. The van der Waals surface area contributed by atoms with E-state index >= 15 is 0 Å². The second-order valence-corrected chi connectivity index (χ2v) is 2.87. The number of esters is 1. The molecule has 0 aromatic carbocycles. The van der Waals surface area contributed by atoms with Crippen molar-refractivity contribution in [2.24, 2.45) is 11.8 Å². The molecule has 1 aliphatic heterocycles. The molecule has 0 amide bonds. The van der Waals surface area contributed by atoms with E-state index in [1.165, 1.54) is 0 Å². The molecule has 0 aromatic rings. The molecule has 2 atom stereocenters. The molecule has 58 valence electrons. The lowest BCUT2D eigenvalue weighted by Crippen LogP contribution is -2.15. The molecule has 1 aliphatic rings. The third-order valence-electron chi connectivity index (χ3n) is 1.95. The highest BCUT2D eigenvalue weighted by molar-refractivity contribution is 6.18. The average molecular weight is 163 g/mol. The number of halogens is 1. The molecule has 1 heterocycles. The van der Waals surface area contributed by atoms with Crippen LogP contribution in [0.1, 0.15) is 13.3 Å². The Labute approximate surface area is 65.5 Å². The molecule has 1 fully saturated rings. The highest BCUT2D eigenvalue weighted by Gasteiger charge is 2.34. The van der Waals surface area contributed by atoms with Crippen LogP contribution < -0.4 is 0 Å². The van der Waals surface area contributed by atoms with Crippen LogP contribution in [0, 0.1) is 11.8 Å². The Bertz CT molecular complexity index is 136. The van der Waals surface area contributed by atoms with Gasteiger partial charge < -0.3 is 4.74 Å². The van der Waals surface area contributed by atoms with Gasteiger partial charge in [0.25, 0.3) is 0 Å². The quantitative estimate of drug-likeness (QED) is 0.454. The topological polar surface area (TPSA) is 26.3 Å². The van der Waals surface area contributed by atoms with Gasteiger partial charge in [-0.25, -0.2) is 0 Å². The van der Waals surface area contributed by atoms with Crippen LogP contribution >= 0.6 is 11.6 Å². The Balaban J connectivity index is 2.54. The standard InChI is InChI=1S/C7H11ClO2/c1-2-6-5(3-8)4-10-7(6)9/h5-6H,2-4H2,1H3/t5-,6-/m0/s1. The van der Waals surface area contributed by atoms with Crippen LogP contribution in [-0.4, -0.2) is 18.5 Å². The highest BCUT2D eigenvalue weighted by Crippen LogP contribution is 2.25. The zero-order valence-corrected chi connectivity index (χ0v) is 6.73. The van der Waals surface area contributed by atoms with Gasteiger partial charge in [-0.2, -0.15) is 0 Å². The van der Waals surface area contributed by atoms with Crippen LogP contribution in [0.4, 0.5) is 0 Å². The van der Waals surface area contributed by atoms with Gasteiger partial charge in [-0.1, -0.05) is 6.92 Å². The number of hydrogen-bond acceptors (Lipinski definition) is 2. The minimum Gasteiger partial charge on any atom is -0.465 e. The minimum atomic E-state index is -0.0758. The number of carbonyl (C=O) groups excluding carboxylic acids is 1. The molecule has 0 radical (unpaired) electrons. The van der Waals surface area contributed by atoms with E-state index in [1.54, 1.807) is 0 Å². The number of ether oxygens (including phenoxy) is 1. The largest absolute Gasteiger partial charge is 0.465 e. The normalized spacial score (nSPS) is 32.4. The van der Waals surface area contributed by atoms with Crippen LogP contribution in [-0.2, 0) is 9.53 Å². The molecule has 3 heteroatoms. The Morgan fingerprint density at radius 2 is 2.50 bits per heavy atom. The SMILES string of the molecule is CC[C@@H]1C(=O)OC[C@@H]1CCl. The first-order valence-electron chi connectivity index (χ1n) is 3.52. The van der Waals surface area contributed by atoms with E-state index in [0.29, 0.717) is 12.5 Å². The number of cyclic esters (lactones) is 1. The molecule has 1 rings (SSSR count). The van der Waals surface area contributed by atoms with E-state index in [2.05, 4.69) is 0 Å². The minimum absolute atomic E-state index is 0.0532. The van der Waals surface area contributed by atoms with Crippen molar-refractivity contribution in [3.8, 4) is 0 Å². The number of hydrogen-bond donors (Lipinski definition) is 0. The fraction of sp³-hybridized carbons (Fsp3) is 0.857. The van der Waals surface area contributed by atoms with Gasteiger partial charge in [-0.05, 0) is 6.42 Å². The van der Waals surface area contributed by atoms with Crippen molar-refractivity contribution in [2.45, 2.75) is 13.3 Å². The summed E-state index contributed by atoms with van der Waals surface area (Å²) in [4.78, 5) is 10.9. The first-order valence-corrected chi connectivity index (χ1v) is 4.05. The summed E-state index contributed by atoms with van der Waals surface area (Å²) in [6.07, 6.45) is 0.843. The third-order valence-corrected chi connectivity index (χ3v) is 2.35. The molecule has 0 unspecified atom stereocenters. The maximum absolute atomic E-state index is 10.9. The monoisotopic (exact) mass is 162 g/mol. The van der Waals surface area contributed by atoms with Crippen LogP contribution in [0.5, 0.6) is 0 Å². The summed E-state index contributed by atoms with van der Waals surface area (Å²) in [5, 5.41) is 0. The van der Waals surface area contributed by atoms with Gasteiger partial charge in [-0.15, -0.1) is 11.6 Å². The summed E-state index contributed by atoms with van der Waals surface area (Å²) in [7, 11) is 0. The molecular weight excluding hydrogens is 152 g/mol. The van der Waals surface area contributed by atoms with Crippen molar-refractivity contribution in [3.63, 3.8) is 0 Å². The van der Waals surface area contributed by atoms with Crippen molar-refractivity contribution in [1.29, 1.82) is 0 Å². The van der Waals surface area contributed by atoms with Gasteiger partial charge in [0, 0.05) is 11.8 Å². The highest BCUT2D eigenvalue weighted by atomic mass is 35.5. The lowest BCUT2D eigenvalue weighted by Gasteiger charge is -2.07. The van der Waals surface area contributed by atoms with Gasteiger partial charge in [0.1, 0.15) is 0 Å². The molecule has 10 heavy (non-hydrogen) atoms. The van der Waals surface area contributed by atoms with Gasteiger partial charge >= 0.3 is 5.97 Å². The van der Waals surface area contributed by atoms with E-state index in [9.17, 15) is 4.79 Å². The summed E-state index contributed by atoms with van der Waals surface area (Å²) < 4.78 is 4.84. The maximum Gasteiger partial charge on any atom is 0.309 e. The van der Waals surface area contributed by atoms with E-state index in [1.807, 2.05) is 6.92 Å². The van der Waals surface area contributed by atoms with Gasteiger partial charge in [0.2, 0.25) is 0 Å². The number of rotatable bonds is 2. The molecular formula is C7H11ClO2. The Kier molecular flexibility index (Phi) is 2.55. The van der Waals surface area contributed by atoms with Gasteiger partial charge in [0.15, 0.2) is 0 Å². The molecule has 1 saturated heterocycles. The summed E-state index contributed by atoms with van der Waals surface area (Å²) in [5.74, 6) is 0.759. The molecule has 0 saturated carbocycles. The summed E-state index contributed by atoms with van der Waals surface area (Å²) in [6.45, 7) is 2.50. The first kappa shape index (κ1) is 7.86. The molecule has 0 aliphatic carbocycles. The zero-order valence-electron chi connectivity index (χ0n) is 5.97. The molecule has 2 nitrogen and oxygen atoms in total. The van der Waals surface area contributed by atoms with Gasteiger partial charge in [0.05, 0.1) is 12.5 Å². The predicted molar refractivity (Wildman–Crippen MR) is 39.0 cm³/mol. The van der Waals surface area contributed by atoms with Crippen LogP contribution in [0.3, 0.4) is 0 Å². The molecule has 0 N–H and O–H groups in total. The van der Waals surface area contributed by atoms with Crippen molar-refractivity contribution >= 4 is 17.6 Å². The van der Waals surface area contributed by atoms with E-state index in [4.69, 9.17) is 16.3 Å². The lowest BCUT2D eigenvalue weighted by atomic mass is 9.95. The van der Waals surface area contributed by atoms with Crippen LogP contribution in [0.25, 0.3) is 0 Å². The molecule has 0 bridgehead atoms. The Morgan fingerprint density at radius 3 is 2.90 bits per heavy atom. The number of carbonyl (C=O) groups is 1. The summed E-state index contributed by atoms with van der Waals surface area (Å²) in [6, 6.07) is 0. The second-order valence-electron chi connectivity index (χ2n) is 2.56. The van der Waals surface area contributed by atoms with Crippen molar-refractivity contribution < 1.29 is 9.53 Å². The fourth-order valence-corrected chi connectivity index (χ4v) is 1.56. The molecule has 0 spiro atoms. The van der Waals surface area contributed by atoms with Gasteiger partial charge in [-0.3, -0.25) is 4.79 Å². The van der Waals surface area contributed by atoms with Crippen molar-refractivity contribution in [3.05, 3.63) is 0 Å². The molecule has 0 aromatic heterocycles. The zero-order chi connectivity index (χ0) is 7.56. The lowest BCUT2D eigenvalue weighted by molar-refractivity contribution is -0.141. The van der Waals surface area contributed by atoms with E-state index in [0.717, 1.165) is 6.42 Å². The van der Waals surface area contributed by atoms with Crippen LogP contribution in [0.2, 0.25) is 0 Å². The van der Waals surface area contributed by atoms with E-state index < -0.39 is 0 Å². The third kappa shape index (κ3) is 1.26. The van der Waals surface area contributed by atoms with Crippen molar-refractivity contribution in [1.82, 2.24) is 0 Å². The average Bonchev–Trinajstić information content (AvgIpc) is 2.30. The summed E-state index contributed by atoms with van der Waals surface area (Å²) in [5.41, 5.74) is 0. The van der Waals surface area contributed by atoms with Crippen molar-refractivity contribution in [2.75, 3.05) is 12.5 Å². The predicted octanol–water partition coefficient (Wildman–Crippen LogP) is 1.42. The van der Waals surface area contributed by atoms with Crippen LogP contribution in [0.15, 0.2) is 0 Å². The number of alkyl halides is 1. The Morgan fingerprint density at radius 1 is 1.80 bits per heavy atom. The smallest absolute Gasteiger partial charge is 0.309 e. The fourth-order valence-electron chi connectivity index (χ4n) is 1.26.